The monoisotopic (exact) mass is 300 g/mol. The van der Waals surface area contributed by atoms with E-state index in [1.165, 1.54) is 4.57 Å². The minimum absolute atomic E-state index is 0.281. The molecule has 0 amide bonds. The topological polar surface area (TPSA) is 76.7 Å². The maximum absolute atomic E-state index is 12.0. The van der Waals surface area contributed by atoms with Gasteiger partial charge in [0, 0.05) is 17.1 Å². The summed E-state index contributed by atoms with van der Waals surface area (Å²) in [6.07, 6.45) is 0.506. The second-order valence-corrected chi connectivity index (χ2v) is 5.12. The summed E-state index contributed by atoms with van der Waals surface area (Å²) < 4.78 is 1.53. The Balaban J connectivity index is 2.01. The summed E-state index contributed by atoms with van der Waals surface area (Å²) >= 11 is 5.88. The Morgan fingerprint density at radius 3 is 2.67 bits per heavy atom. The van der Waals surface area contributed by atoms with Gasteiger partial charge in [-0.3, -0.25) is 0 Å². The molecule has 0 aliphatic heterocycles. The number of hydrogen-bond acceptors (Lipinski definition) is 3. The first-order valence-corrected chi connectivity index (χ1v) is 6.78. The number of H-pyrrole nitrogens is 1. The number of rotatable bonds is 3. The molecule has 0 unspecified atom stereocenters. The predicted octanol–water partition coefficient (Wildman–Crippen LogP) is 2.39. The second kappa shape index (κ2) is 5.46. The first-order valence-electron chi connectivity index (χ1n) is 6.40. The normalized spacial score (nSPS) is 10.7. The smallest absolute Gasteiger partial charge is 0.347 e. The van der Waals surface area contributed by atoms with E-state index in [0.717, 1.165) is 11.3 Å². The van der Waals surface area contributed by atoms with E-state index < -0.39 is 0 Å². The lowest BCUT2D eigenvalue weighted by Crippen LogP contribution is -2.17. The third-order valence-corrected chi connectivity index (χ3v) is 3.39. The van der Waals surface area contributed by atoms with E-state index in [1.54, 1.807) is 24.3 Å². The van der Waals surface area contributed by atoms with Crippen molar-refractivity contribution in [1.82, 2.24) is 14.8 Å². The number of nitrogens with one attached hydrogen (secondary N) is 1. The molecule has 0 aliphatic carbocycles. The number of benzene rings is 2. The van der Waals surface area contributed by atoms with E-state index in [1.807, 2.05) is 24.3 Å². The summed E-state index contributed by atoms with van der Waals surface area (Å²) in [4.78, 5) is 12.0. The quantitative estimate of drug-likeness (QED) is 0.729. The highest BCUT2D eigenvalue weighted by atomic mass is 35.5. The lowest BCUT2D eigenvalue weighted by atomic mass is 10.1. The molecule has 3 N–H and O–H groups in total. The zero-order valence-electron chi connectivity index (χ0n) is 11.1. The molecule has 2 aromatic carbocycles. The summed E-state index contributed by atoms with van der Waals surface area (Å²) in [7, 11) is 0. The molecule has 0 fully saturated rings. The Labute approximate surface area is 126 Å². The van der Waals surface area contributed by atoms with Gasteiger partial charge in [0.2, 0.25) is 0 Å². The fraction of sp³-hybridized carbons (Fsp3) is 0.0667. The van der Waals surface area contributed by atoms with E-state index >= 15 is 0 Å². The molecule has 21 heavy (non-hydrogen) atoms. The average molecular weight is 301 g/mol. The molecule has 5 nitrogen and oxygen atoms in total. The van der Waals surface area contributed by atoms with Crippen LogP contribution in [0.4, 0.5) is 5.69 Å². The number of nitrogen functional groups attached to an aromatic ring is 1. The van der Waals surface area contributed by atoms with Crippen LogP contribution in [0, 0.1) is 0 Å². The van der Waals surface area contributed by atoms with Crippen LogP contribution >= 0.6 is 11.6 Å². The number of aromatic nitrogens is 3. The molecule has 0 saturated heterocycles. The minimum Gasteiger partial charge on any atom is -0.399 e. The van der Waals surface area contributed by atoms with Gasteiger partial charge < -0.3 is 5.73 Å². The molecular weight excluding hydrogens is 288 g/mol. The van der Waals surface area contributed by atoms with Gasteiger partial charge in [-0.05, 0) is 42.0 Å². The molecule has 0 aliphatic rings. The Kier molecular flexibility index (Phi) is 3.50. The van der Waals surface area contributed by atoms with Crippen LogP contribution in [-0.2, 0) is 6.42 Å². The Bertz CT molecular complexity index is 820. The van der Waals surface area contributed by atoms with Crippen molar-refractivity contribution >= 4 is 17.3 Å². The summed E-state index contributed by atoms with van der Waals surface area (Å²) in [6.45, 7) is 0. The second-order valence-electron chi connectivity index (χ2n) is 4.68. The molecule has 0 radical (unpaired) electrons. The third kappa shape index (κ3) is 2.83. The van der Waals surface area contributed by atoms with Crippen molar-refractivity contribution in [2.75, 3.05) is 5.73 Å². The lowest BCUT2D eigenvalue weighted by molar-refractivity contribution is 0.893. The molecule has 6 heteroatoms. The molecule has 0 saturated carbocycles. The molecule has 3 rings (SSSR count). The highest BCUT2D eigenvalue weighted by Gasteiger charge is 2.11. The molecule has 3 aromatic rings. The summed E-state index contributed by atoms with van der Waals surface area (Å²) in [5, 5.41) is 7.19. The van der Waals surface area contributed by atoms with Crippen molar-refractivity contribution in [2.24, 2.45) is 0 Å². The van der Waals surface area contributed by atoms with Crippen LogP contribution in [-0.4, -0.2) is 14.8 Å². The van der Waals surface area contributed by atoms with Gasteiger partial charge in [0.05, 0.1) is 5.69 Å². The fourth-order valence-electron chi connectivity index (χ4n) is 2.19. The van der Waals surface area contributed by atoms with Gasteiger partial charge in [0.15, 0.2) is 0 Å². The zero-order valence-corrected chi connectivity index (χ0v) is 11.8. The lowest BCUT2D eigenvalue weighted by Gasteiger charge is -2.06. The number of nitrogens with zero attached hydrogens (tertiary/aromatic N) is 2. The summed E-state index contributed by atoms with van der Waals surface area (Å²) in [6, 6.07) is 14.5. The van der Waals surface area contributed by atoms with Crippen LogP contribution in [0.3, 0.4) is 0 Å². The molecular formula is C15H13ClN4O. The van der Waals surface area contributed by atoms with E-state index in [2.05, 4.69) is 10.2 Å². The SMILES string of the molecule is Nc1cccc(Cc2n[nH]c(=O)n2-c2ccc(Cl)cc2)c1. The first kappa shape index (κ1) is 13.5. The van der Waals surface area contributed by atoms with Crippen molar-refractivity contribution in [2.45, 2.75) is 6.42 Å². The van der Waals surface area contributed by atoms with Crippen LogP contribution < -0.4 is 11.4 Å². The van der Waals surface area contributed by atoms with Crippen LogP contribution in [0.5, 0.6) is 0 Å². The van der Waals surface area contributed by atoms with E-state index in [-0.39, 0.29) is 5.69 Å². The number of halogens is 1. The summed E-state index contributed by atoms with van der Waals surface area (Å²) in [5.74, 6) is 0.618. The third-order valence-electron chi connectivity index (χ3n) is 3.14. The molecule has 1 aromatic heterocycles. The molecule has 0 bridgehead atoms. The average Bonchev–Trinajstić information content (AvgIpc) is 2.81. The molecule has 0 spiro atoms. The highest BCUT2D eigenvalue weighted by molar-refractivity contribution is 6.30. The maximum Gasteiger partial charge on any atom is 0.347 e. The van der Waals surface area contributed by atoms with Gasteiger partial charge in [0.1, 0.15) is 5.82 Å². The number of anilines is 1. The van der Waals surface area contributed by atoms with Gasteiger partial charge in [-0.2, -0.15) is 5.10 Å². The van der Waals surface area contributed by atoms with Gasteiger partial charge in [0.25, 0.3) is 0 Å². The van der Waals surface area contributed by atoms with Gasteiger partial charge in [-0.1, -0.05) is 23.7 Å². The van der Waals surface area contributed by atoms with E-state index in [9.17, 15) is 4.79 Å². The predicted molar refractivity (Wildman–Crippen MR) is 82.9 cm³/mol. The first-order chi connectivity index (χ1) is 10.1. The van der Waals surface area contributed by atoms with E-state index in [0.29, 0.717) is 23.0 Å². The molecule has 106 valence electrons. The molecule has 0 atom stereocenters. The van der Waals surface area contributed by atoms with Crippen molar-refractivity contribution < 1.29 is 0 Å². The van der Waals surface area contributed by atoms with E-state index in [4.69, 9.17) is 17.3 Å². The van der Waals surface area contributed by atoms with Crippen LogP contribution in [0.25, 0.3) is 5.69 Å². The molecule has 1 heterocycles. The van der Waals surface area contributed by atoms with Crippen molar-refractivity contribution in [3.8, 4) is 5.69 Å². The van der Waals surface area contributed by atoms with Crippen molar-refractivity contribution in [3.05, 3.63) is 75.4 Å². The standard InChI is InChI=1S/C15H13ClN4O/c16-11-4-6-13(7-5-11)20-14(18-19-15(20)21)9-10-2-1-3-12(17)8-10/h1-8H,9,17H2,(H,19,21). The number of aromatic amines is 1. The van der Waals surface area contributed by atoms with Crippen molar-refractivity contribution in [1.29, 1.82) is 0 Å². The maximum atomic E-state index is 12.0. The largest absolute Gasteiger partial charge is 0.399 e. The van der Waals surface area contributed by atoms with Gasteiger partial charge >= 0.3 is 5.69 Å². The van der Waals surface area contributed by atoms with Crippen LogP contribution in [0.2, 0.25) is 5.02 Å². The highest BCUT2D eigenvalue weighted by Crippen LogP contribution is 2.15. The minimum atomic E-state index is -0.281. The summed E-state index contributed by atoms with van der Waals surface area (Å²) in [5.41, 5.74) is 7.88. The zero-order chi connectivity index (χ0) is 14.8. The number of nitrogens with two attached hydrogens (primary N) is 1. The fourth-order valence-corrected chi connectivity index (χ4v) is 2.32. The van der Waals surface area contributed by atoms with Gasteiger partial charge in [-0.15, -0.1) is 0 Å². The number of hydrogen-bond donors (Lipinski definition) is 2. The Hall–Kier alpha value is -2.53. The van der Waals surface area contributed by atoms with Gasteiger partial charge in [-0.25, -0.2) is 14.5 Å². The van der Waals surface area contributed by atoms with Crippen LogP contribution in [0.15, 0.2) is 53.3 Å². The van der Waals surface area contributed by atoms with Crippen LogP contribution in [0.1, 0.15) is 11.4 Å². The Morgan fingerprint density at radius 1 is 1.19 bits per heavy atom. The van der Waals surface area contributed by atoms with Crippen molar-refractivity contribution in [3.63, 3.8) is 0 Å². The Morgan fingerprint density at radius 2 is 1.95 bits per heavy atom.